The Morgan fingerprint density at radius 1 is 1.38 bits per heavy atom. The second-order valence-corrected chi connectivity index (χ2v) is 7.64. The molecule has 0 aromatic carbocycles. The van der Waals surface area contributed by atoms with Gasteiger partial charge in [0.25, 0.3) is 0 Å². The lowest BCUT2D eigenvalue weighted by Crippen LogP contribution is -2.37. The van der Waals surface area contributed by atoms with Crippen molar-refractivity contribution in [1.82, 2.24) is 25.1 Å². The zero-order valence-corrected chi connectivity index (χ0v) is 14.0. The molecule has 3 heterocycles. The molecule has 6 heteroatoms. The monoisotopic (exact) mass is 305 g/mol. The van der Waals surface area contributed by atoms with Crippen molar-refractivity contribution in [2.75, 3.05) is 0 Å². The molecule has 5 nitrogen and oxygen atoms in total. The molecule has 0 radical (unpaired) electrons. The second kappa shape index (κ2) is 5.50. The maximum absolute atomic E-state index is 4.74. The lowest BCUT2D eigenvalue weighted by molar-refractivity contribution is 0.374. The Morgan fingerprint density at radius 3 is 2.90 bits per heavy atom. The third-order valence-electron chi connectivity index (χ3n) is 3.90. The number of aryl methyl sites for hydroxylation is 2. The minimum Gasteiger partial charge on any atom is -0.314 e. The number of fused-ring (bicyclic) bond motifs is 1. The molecule has 2 aromatic rings. The van der Waals surface area contributed by atoms with E-state index in [1.165, 1.54) is 5.01 Å². The quantitative estimate of drug-likeness (QED) is 0.946. The van der Waals surface area contributed by atoms with Gasteiger partial charge >= 0.3 is 0 Å². The zero-order chi connectivity index (χ0) is 15.0. The molecule has 0 amide bonds. The van der Waals surface area contributed by atoms with Crippen LogP contribution >= 0.6 is 11.3 Å². The lowest BCUT2D eigenvalue weighted by atomic mass is 9.98. The van der Waals surface area contributed by atoms with E-state index < -0.39 is 0 Å². The van der Waals surface area contributed by atoms with Crippen molar-refractivity contribution in [2.24, 2.45) is 0 Å². The maximum Gasteiger partial charge on any atom is 0.133 e. The molecular formula is C15H23N5S. The highest BCUT2D eigenvalue weighted by molar-refractivity contribution is 7.09. The largest absolute Gasteiger partial charge is 0.314 e. The van der Waals surface area contributed by atoms with Crippen LogP contribution in [-0.2, 0) is 24.9 Å². The summed E-state index contributed by atoms with van der Waals surface area (Å²) in [6.45, 7) is 10.5. The van der Waals surface area contributed by atoms with Crippen LogP contribution in [-0.4, -0.2) is 25.8 Å². The molecule has 114 valence electrons. The van der Waals surface area contributed by atoms with Crippen LogP contribution in [0, 0.1) is 6.92 Å². The summed E-state index contributed by atoms with van der Waals surface area (Å²) in [5, 5.41) is 15.4. The van der Waals surface area contributed by atoms with Gasteiger partial charge in [0.2, 0.25) is 0 Å². The number of thiazole rings is 1. The molecule has 3 rings (SSSR count). The molecule has 0 unspecified atom stereocenters. The van der Waals surface area contributed by atoms with Crippen LogP contribution in [0.5, 0.6) is 0 Å². The summed E-state index contributed by atoms with van der Waals surface area (Å²) in [6, 6.07) is 0.479. The number of nitrogens with zero attached hydrogens (tertiary/aromatic N) is 4. The van der Waals surface area contributed by atoms with Crippen LogP contribution < -0.4 is 5.32 Å². The van der Waals surface area contributed by atoms with Crippen LogP contribution in [0.15, 0.2) is 5.38 Å². The van der Waals surface area contributed by atoms with Gasteiger partial charge in [-0.3, -0.25) is 0 Å². The van der Waals surface area contributed by atoms with Crippen molar-refractivity contribution in [3.63, 3.8) is 0 Å². The molecule has 2 aromatic heterocycles. The number of nitrogens with one attached hydrogen (secondary N) is 1. The Kier molecular flexibility index (Phi) is 3.84. The molecule has 1 N–H and O–H groups in total. The number of aromatic nitrogens is 4. The van der Waals surface area contributed by atoms with Gasteiger partial charge < -0.3 is 9.88 Å². The minimum absolute atomic E-state index is 0.141. The van der Waals surface area contributed by atoms with Crippen molar-refractivity contribution in [3.8, 4) is 0 Å². The predicted molar refractivity (Wildman–Crippen MR) is 84.5 cm³/mol. The highest BCUT2D eigenvalue weighted by Gasteiger charge is 2.22. The smallest absolute Gasteiger partial charge is 0.133 e. The second-order valence-electron chi connectivity index (χ2n) is 6.78. The number of rotatable bonds is 3. The molecule has 0 saturated carbocycles. The van der Waals surface area contributed by atoms with Gasteiger partial charge in [0, 0.05) is 36.3 Å². The average Bonchev–Trinajstić information content (AvgIpc) is 3.04. The van der Waals surface area contributed by atoms with Crippen molar-refractivity contribution in [1.29, 1.82) is 0 Å². The van der Waals surface area contributed by atoms with Crippen LogP contribution in [0.2, 0.25) is 0 Å². The first-order chi connectivity index (χ1) is 9.93. The summed E-state index contributed by atoms with van der Waals surface area (Å²) in [6.07, 6.45) is 2.12. The van der Waals surface area contributed by atoms with Crippen LogP contribution in [0.3, 0.4) is 0 Å². The summed E-state index contributed by atoms with van der Waals surface area (Å²) in [5.74, 6) is 2.13. The molecule has 0 aliphatic carbocycles. The van der Waals surface area contributed by atoms with E-state index in [0.717, 1.165) is 43.3 Å². The average molecular weight is 305 g/mol. The van der Waals surface area contributed by atoms with Crippen molar-refractivity contribution in [3.05, 3.63) is 27.7 Å². The van der Waals surface area contributed by atoms with Crippen molar-refractivity contribution >= 4 is 11.3 Å². The topological polar surface area (TPSA) is 55.6 Å². The van der Waals surface area contributed by atoms with Crippen LogP contribution in [0.4, 0.5) is 0 Å². The third-order valence-corrected chi connectivity index (χ3v) is 5.21. The van der Waals surface area contributed by atoms with E-state index in [4.69, 9.17) is 4.98 Å². The van der Waals surface area contributed by atoms with E-state index in [0.29, 0.717) is 6.04 Å². The molecule has 0 bridgehead atoms. The third kappa shape index (κ3) is 3.16. The van der Waals surface area contributed by atoms with E-state index in [1.807, 2.05) is 6.92 Å². The van der Waals surface area contributed by atoms with Gasteiger partial charge in [-0.05, 0) is 13.3 Å². The SMILES string of the molecule is Cc1nnc2n1C[C@H](NCc1csc(C(C)(C)C)n1)CC2. The summed E-state index contributed by atoms with van der Waals surface area (Å²) < 4.78 is 2.22. The summed E-state index contributed by atoms with van der Waals surface area (Å²) in [7, 11) is 0. The Bertz CT molecular complexity index is 622. The zero-order valence-electron chi connectivity index (χ0n) is 13.2. The Balaban J connectivity index is 1.59. The van der Waals surface area contributed by atoms with E-state index in [9.17, 15) is 0 Å². The van der Waals surface area contributed by atoms with Gasteiger partial charge in [0.1, 0.15) is 11.6 Å². The first-order valence-electron chi connectivity index (χ1n) is 7.50. The fourth-order valence-electron chi connectivity index (χ4n) is 2.61. The molecule has 1 atom stereocenters. The predicted octanol–water partition coefficient (Wildman–Crippen LogP) is 2.45. The molecule has 1 aliphatic rings. The van der Waals surface area contributed by atoms with E-state index >= 15 is 0 Å². The Hall–Kier alpha value is -1.27. The molecule has 21 heavy (non-hydrogen) atoms. The van der Waals surface area contributed by atoms with Crippen molar-refractivity contribution in [2.45, 2.75) is 65.1 Å². The van der Waals surface area contributed by atoms with Crippen molar-refractivity contribution < 1.29 is 0 Å². The highest BCUT2D eigenvalue weighted by atomic mass is 32.1. The van der Waals surface area contributed by atoms with Gasteiger partial charge in [-0.2, -0.15) is 0 Å². The highest BCUT2D eigenvalue weighted by Crippen LogP contribution is 2.25. The lowest BCUT2D eigenvalue weighted by Gasteiger charge is -2.24. The molecule has 0 spiro atoms. The van der Waals surface area contributed by atoms with E-state index in [2.05, 4.69) is 46.2 Å². The fraction of sp³-hybridized carbons (Fsp3) is 0.667. The first kappa shape index (κ1) is 14.7. The molecule has 0 fully saturated rings. The molecule has 0 saturated heterocycles. The first-order valence-corrected chi connectivity index (χ1v) is 8.38. The van der Waals surface area contributed by atoms with Crippen LogP contribution in [0.1, 0.15) is 49.5 Å². The van der Waals surface area contributed by atoms with Gasteiger partial charge in [0.15, 0.2) is 0 Å². The minimum atomic E-state index is 0.141. The van der Waals surface area contributed by atoms with E-state index in [1.54, 1.807) is 11.3 Å². The Labute approximate surface area is 129 Å². The van der Waals surface area contributed by atoms with Gasteiger partial charge in [-0.15, -0.1) is 21.5 Å². The van der Waals surface area contributed by atoms with Gasteiger partial charge in [-0.1, -0.05) is 20.8 Å². The number of hydrogen-bond donors (Lipinski definition) is 1. The summed E-state index contributed by atoms with van der Waals surface area (Å²) >= 11 is 1.76. The fourth-order valence-corrected chi connectivity index (χ4v) is 3.52. The normalized spacial score (nSPS) is 18.8. The standard InChI is InChI=1S/C15H23N5S/c1-10-18-19-13-6-5-11(8-20(10)13)16-7-12-9-21-14(17-12)15(2,3)4/h9,11,16H,5-8H2,1-4H3/t11-/m1/s1. The molecular weight excluding hydrogens is 282 g/mol. The summed E-state index contributed by atoms with van der Waals surface area (Å²) in [4.78, 5) is 4.74. The van der Waals surface area contributed by atoms with Crippen LogP contribution in [0.25, 0.3) is 0 Å². The summed E-state index contributed by atoms with van der Waals surface area (Å²) in [5.41, 5.74) is 1.29. The maximum atomic E-state index is 4.74. The van der Waals surface area contributed by atoms with Gasteiger partial charge in [-0.25, -0.2) is 4.98 Å². The molecule has 1 aliphatic heterocycles. The number of hydrogen-bond acceptors (Lipinski definition) is 5. The van der Waals surface area contributed by atoms with E-state index in [-0.39, 0.29) is 5.41 Å². The van der Waals surface area contributed by atoms with Gasteiger partial charge in [0.05, 0.1) is 10.7 Å². The Morgan fingerprint density at radius 2 is 2.19 bits per heavy atom.